The van der Waals surface area contributed by atoms with Crippen molar-refractivity contribution in [3.05, 3.63) is 69.3 Å². The maximum atomic E-state index is 6.07. The average Bonchev–Trinajstić information content (AvgIpc) is 3.21. The van der Waals surface area contributed by atoms with Crippen molar-refractivity contribution in [1.29, 1.82) is 0 Å². The molecule has 0 aliphatic heterocycles. The van der Waals surface area contributed by atoms with Gasteiger partial charge in [-0.15, -0.1) is 11.3 Å². The van der Waals surface area contributed by atoms with Gasteiger partial charge in [0, 0.05) is 26.7 Å². The fourth-order valence-corrected chi connectivity index (χ4v) is 4.46. The fraction of sp³-hybridized carbons (Fsp3) is 0.190. The SMILES string of the molecule is Cc1cc2c(OCCc3nc(-c4ccccc4)oc3C)ccc(Br)c2s1. The van der Waals surface area contributed by atoms with Crippen molar-refractivity contribution in [1.82, 2.24) is 4.98 Å². The molecule has 0 aliphatic carbocycles. The molecule has 0 aliphatic rings. The summed E-state index contributed by atoms with van der Waals surface area (Å²) in [4.78, 5) is 5.91. The highest BCUT2D eigenvalue weighted by Gasteiger charge is 2.13. The van der Waals surface area contributed by atoms with Crippen molar-refractivity contribution >= 4 is 37.4 Å². The quantitative estimate of drug-likeness (QED) is 0.361. The second-order valence-corrected chi connectivity index (χ2v) is 8.24. The van der Waals surface area contributed by atoms with E-state index in [4.69, 9.17) is 9.15 Å². The number of rotatable bonds is 5. The molecule has 0 spiro atoms. The zero-order chi connectivity index (χ0) is 18.1. The summed E-state index contributed by atoms with van der Waals surface area (Å²) in [6.07, 6.45) is 0.711. The number of fused-ring (bicyclic) bond motifs is 1. The van der Waals surface area contributed by atoms with Crippen molar-refractivity contribution in [2.45, 2.75) is 20.3 Å². The van der Waals surface area contributed by atoms with Crippen LogP contribution in [0.5, 0.6) is 5.75 Å². The molecule has 4 aromatic rings. The Morgan fingerprint density at radius 2 is 1.92 bits per heavy atom. The summed E-state index contributed by atoms with van der Waals surface area (Å²) in [5.74, 6) is 2.43. The Morgan fingerprint density at radius 3 is 2.73 bits per heavy atom. The van der Waals surface area contributed by atoms with Crippen molar-refractivity contribution in [3.8, 4) is 17.2 Å². The zero-order valence-corrected chi connectivity index (χ0v) is 17.0. The lowest BCUT2D eigenvalue weighted by Gasteiger charge is -2.07. The van der Waals surface area contributed by atoms with Gasteiger partial charge in [0.1, 0.15) is 11.5 Å². The van der Waals surface area contributed by atoms with E-state index in [1.165, 1.54) is 9.58 Å². The van der Waals surface area contributed by atoms with Crippen molar-refractivity contribution in [3.63, 3.8) is 0 Å². The molecular weight excluding hydrogens is 410 g/mol. The van der Waals surface area contributed by atoms with Crippen LogP contribution in [0.1, 0.15) is 16.3 Å². The highest BCUT2D eigenvalue weighted by Crippen LogP contribution is 2.37. The number of oxazole rings is 1. The number of benzene rings is 2. The fourth-order valence-electron chi connectivity index (χ4n) is 2.94. The lowest BCUT2D eigenvalue weighted by molar-refractivity contribution is 0.323. The Hall–Kier alpha value is -2.11. The third-order valence-corrected chi connectivity index (χ3v) is 6.24. The standard InChI is InChI=1S/C21H18BrNO2S/c1-13-12-16-19(9-8-17(22)20(16)26-13)24-11-10-18-14(2)25-21(23-18)15-6-4-3-5-7-15/h3-9,12H,10-11H2,1-2H3. The molecule has 26 heavy (non-hydrogen) atoms. The first kappa shape index (κ1) is 17.3. The summed E-state index contributed by atoms with van der Waals surface area (Å²) in [6.45, 7) is 4.63. The molecule has 0 saturated carbocycles. The van der Waals surface area contributed by atoms with Gasteiger partial charge in [0.15, 0.2) is 0 Å². The van der Waals surface area contributed by atoms with E-state index in [0.717, 1.165) is 32.6 Å². The summed E-state index contributed by atoms with van der Waals surface area (Å²) in [5, 5.41) is 1.16. The van der Waals surface area contributed by atoms with E-state index in [1.54, 1.807) is 11.3 Å². The smallest absolute Gasteiger partial charge is 0.226 e. The second-order valence-electron chi connectivity index (χ2n) is 6.13. The van der Waals surface area contributed by atoms with Crippen LogP contribution in [0.25, 0.3) is 21.5 Å². The Labute approximate surface area is 164 Å². The van der Waals surface area contributed by atoms with Gasteiger partial charge in [-0.2, -0.15) is 0 Å². The number of halogens is 1. The average molecular weight is 428 g/mol. The van der Waals surface area contributed by atoms with Crippen LogP contribution in [0.2, 0.25) is 0 Å². The first-order chi connectivity index (χ1) is 12.6. The summed E-state index contributed by atoms with van der Waals surface area (Å²) >= 11 is 5.39. The maximum absolute atomic E-state index is 6.07. The molecule has 0 bridgehead atoms. The molecule has 132 valence electrons. The van der Waals surface area contributed by atoms with Crippen LogP contribution in [-0.4, -0.2) is 11.6 Å². The molecule has 0 atom stereocenters. The van der Waals surface area contributed by atoms with Gasteiger partial charge >= 0.3 is 0 Å². The first-order valence-corrected chi connectivity index (χ1v) is 10.1. The molecule has 4 rings (SSSR count). The first-order valence-electron chi connectivity index (χ1n) is 8.45. The highest BCUT2D eigenvalue weighted by atomic mass is 79.9. The molecule has 0 unspecified atom stereocenters. The highest BCUT2D eigenvalue weighted by molar-refractivity contribution is 9.10. The Morgan fingerprint density at radius 1 is 1.12 bits per heavy atom. The normalized spacial score (nSPS) is 11.2. The van der Waals surface area contributed by atoms with Crippen LogP contribution in [0.15, 0.2) is 57.4 Å². The van der Waals surface area contributed by atoms with Gasteiger partial charge < -0.3 is 9.15 Å². The van der Waals surface area contributed by atoms with Gasteiger partial charge in [-0.3, -0.25) is 0 Å². The third-order valence-electron chi connectivity index (χ3n) is 4.23. The van der Waals surface area contributed by atoms with Crippen LogP contribution in [0.3, 0.4) is 0 Å². The van der Waals surface area contributed by atoms with Crippen molar-refractivity contribution < 1.29 is 9.15 Å². The molecule has 0 fully saturated rings. The lowest BCUT2D eigenvalue weighted by Crippen LogP contribution is -2.03. The summed E-state index contributed by atoms with van der Waals surface area (Å²) < 4.78 is 14.2. The number of aryl methyl sites for hydroxylation is 2. The molecule has 0 amide bonds. The Bertz CT molecular complexity index is 1050. The Kier molecular flexibility index (Phi) is 4.83. The minimum Gasteiger partial charge on any atom is -0.493 e. The van der Waals surface area contributed by atoms with Crippen LogP contribution in [0, 0.1) is 13.8 Å². The minimum atomic E-state index is 0.563. The molecule has 0 radical (unpaired) electrons. The predicted octanol–water partition coefficient (Wildman–Crippen LogP) is 6.56. The van der Waals surface area contributed by atoms with Gasteiger partial charge in [-0.25, -0.2) is 4.98 Å². The third kappa shape index (κ3) is 3.41. The molecule has 3 nitrogen and oxygen atoms in total. The minimum absolute atomic E-state index is 0.563. The molecule has 5 heteroatoms. The molecule has 2 aromatic carbocycles. The number of ether oxygens (including phenoxy) is 1. The van der Waals surface area contributed by atoms with Crippen LogP contribution in [0.4, 0.5) is 0 Å². The van der Waals surface area contributed by atoms with E-state index in [9.17, 15) is 0 Å². The predicted molar refractivity (Wildman–Crippen MR) is 110 cm³/mol. The molecule has 2 heterocycles. The lowest BCUT2D eigenvalue weighted by atomic mass is 10.2. The summed E-state index contributed by atoms with van der Waals surface area (Å²) in [7, 11) is 0. The van der Waals surface area contributed by atoms with Gasteiger partial charge in [0.05, 0.1) is 17.0 Å². The summed E-state index contributed by atoms with van der Waals surface area (Å²) in [5.41, 5.74) is 1.94. The number of thiophene rings is 1. The second kappa shape index (κ2) is 7.25. The van der Waals surface area contributed by atoms with Crippen LogP contribution >= 0.6 is 27.3 Å². The molecular formula is C21H18BrNO2S. The van der Waals surface area contributed by atoms with E-state index in [0.29, 0.717) is 18.9 Å². The summed E-state index contributed by atoms with van der Waals surface area (Å²) in [6, 6.07) is 16.2. The van der Waals surface area contributed by atoms with Crippen molar-refractivity contribution in [2.24, 2.45) is 0 Å². The van der Waals surface area contributed by atoms with E-state index in [2.05, 4.69) is 33.9 Å². The zero-order valence-electron chi connectivity index (χ0n) is 14.6. The van der Waals surface area contributed by atoms with E-state index >= 15 is 0 Å². The topological polar surface area (TPSA) is 35.3 Å². The number of aromatic nitrogens is 1. The van der Waals surface area contributed by atoms with Crippen LogP contribution in [-0.2, 0) is 6.42 Å². The number of hydrogen-bond acceptors (Lipinski definition) is 4. The largest absolute Gasteiger partial charge is 0.493 e. The Balaban J connectivity index is 1.49. The number of hydrogen-bond donors (Lipinski definition) is 0. The molecule has 0 N–H and O–H groups in total. The van der Waals surface area contributed by atoms with Gasteiger partial charge in [-0.1, -0.05) is 18.2 Å². The molecule has 2 aromatic heterocycles. The molecule has 0 saturated heterocycles. The monoisotopic (exact) mass is 427 g/mol. The van der Waals surface area contributed by atoms with Gasteiger partial charge in [0.25, 0.3) is 0 Å². The maximum Gasteiger partial charge on any atom is 0.226 e. The van der Waals surface area contributed by atoms with Crippen molar-refractivity contribution in [2.75, 3.05) is 6.61 Å². The van der Waals surface area contributed by atoms with Crippen LogP contribution < -0.4 is 4.74 Å². The van der Waals surface area contributed by atoms with E-state index in [-0.39, 0.29) is 0 Å². The van der Waals surface area contributed by atoms with Gasteiger partial charge in [0.2, 0.25) is 5.89 Å². The number of nitrogens with zero attached hydrogens (tertiary/aromatic N) is 1. The van der Waals surface area contributed by atoms with Gasteiger partial charge in [-0.05, 0) is 60.1 Å². The van der Waals surface area contributed by atoms with E-state index in [1.807, 2.05) is 49.4 Å². The van der Waals surface area contributed by atoms with E-state index < -0.39 is 0 Å².